The van der Waals surface area contributed by atoms with Crippen molar-refractivity contribution in [3.8, 4) is 0 Å². The van der Waals surface area contributed by atoms with Gasteiger partial charge in [-0.25, -0.2) is 0 Å². The summed E-state index contributed by atoms with van der Waals surface area (Å²) in [5.74, 6) is 1.63. The summed E-state index contributed by atoms with van der Waals surface area (Å²) in [4.78, 5) is 0. The van der Waals surface area contributed by atoms with Crippen molar-refractivity contribution in [3.05, 3.63) is 47.2 Å². The lowest BCUT2D eigenvalue weighted by molar-refractivity contribution is 0.250. The Balaban J connectivity index is 2.34. The quantitative estimate of drug-likeness (QED) is 0.709. The average Bonchev–Trinajstić information content (AvgIpc) is 2.30. The lowest BCUT2D eigenvalue weighted by Gasteiger charge is -2.24. The summed E-state index contributed by atoms with van der Waals surface area (Å²) in [5, 5.41) is 0. The highest BCUT2D eigenvalue weighted by Gasteiger charge is 2.21. The molecule has 80 valence electrons. The summed E-state index contributed by atoms with van der Waals surface area (Å²) < 4.78 is 5.47. The first-order valence-electron chi connectivity index (χ1n) is 5.62. The molecule has 0 amide bonds. The van der Waals surface area contributed by atoms with Gasteiger partial charge in [0.2, 0.25) is 0 Å². The zero-order valence-corrected chi connectivity index (χ0v) is 9.49. The first kappa shape index (κ1) is 10.3. The van der Waals surface area contributed by atoms with Gasteiger partial charge in [-0.05, 0) is 43.4 Å². The third-order valence-electron chi connectivity index (χ3n) is 3.19. The third-order valence-corrected chi connectivity index (χ3v) is 3.19. The van der Waals surface area contributed by atoms with Gasteiger partial charge in [-0.2, -0.15) is 0 Å². The second kappa shape index (κ2) is 4.52. The summed E-state index contributed by atoms with van der Waals surface area (Å²) in [6.45, 7) is 2.18. The van der Waals surface area contributed by atoms with Crippen LogP contribution in [0.3, 0.4) is 0 Å². The van der Waals surface area contributed by atoms with Crippen molar-refractivity contribution in [3.63, 3.8) is 0 Å². The molecular formula is C14H18O. The Labute approximate surface area is 91.8 Å². The Morgan fingerprint density at radius 2 is 2.07 bits per heavy atom. The fourth-order valence-corrected chi connectivity index (χ4v) is 2.36. The van der Waals surface area contributed by atoms with E-state index in [-0.39, 0.29) is 0 Å². The van der Waals surface area contributed by atoms with Gasteiger partial charge in [0.15, 0.2) is 0 Å². The van der Waals surface area contributed by atoms with E-state index >= 15 is 0 Å². The van der Waals surface area contributed by atoms with Crippen molar-refractivity contribution < 1.29 is 4.74 Å². The van der Waals surface area contributed by atoms with E-state index in [1.54, 1.807) is 7.11 Å². The molecule has 0 saturated heterocycles. The van der Waals surface area contributed by atoms with Crippen LogP contribution in [0, 0.1) is 6.92 Å². The van der Waals surface area contributed by atoms with Crippen molar-refractivity contribution in [2.75, 3.05) is 7.11 Å². The Morgan fingerprint density at radius 3 is 2.80 bits per heavy atom. The number of aryl methyl sites for hydroxylation is 1. The molecule has 0 spiro atoms. The van der Waals surface area contributed by atoms with Crippen LogP contribution in [0.5, 0.6) is 0 Å². The molecule has 0 aromatic heterocycles. The maximum Gasteiger partial charge on any atom is 0.0990 e. The summed E-state index contributed by atoms with van der Waals surface area (Å²) in [7, 11) is 1.78. The van der Waals surface area contributed by atoms with Gasteiger partial charge >= 0.3 is 0 Å². The molecule has 1 heteroatoms. The molecular weight excluding hydrogens is 184 g/mol. The molecule has 0 saturated carbocycles. The maximum absolute atomic E-state index is 5.47. The predicted octanol–water partition coefficient (Wildman–Crippen LogP) is 3.79. The van der Waals surface area contributed by atoms with Gasteiger partial charge in [0, 0.05) is 5.92 Å². The molecule has 0 fully saturated rings. The third kappa shape index (κ3) is 2.06. The average molecular weight is 202 g/mol. The number of hydrogen-bond acceptors (Lipinski definition) is 1. The Bertz CT molecular complexity index is 365. The van der Waals surface area contributed by atoms with Crippen LogP contribution in [0.2, 0.25) is 0 Å². The van der Waals surface area contributed by atoms with Gasteiger partial charge in [0.05, 0.1) is 12.9 Å². The largest absolute Gasteiger partial charge is 0.501 e. The smallest absolute Gasteiger partial charge is 0.0990 e. The molecule has 2 rings (SSSR count). The van der Waals surface area contributed by atoms with E-state index in [9.17, 15) is 0 Å². The number of methoxy groups -OCH3 is 1. The zero-order chi connectivity index (χ0) is 10.7. The fraction of sp³-hybridized carbons (Fsp3) is 0.429. The van der Waals surface area contributed by atoms with E-state index in [2.05, 4.69) is 37.3 Å². The standard InChI is InChI=1S/C14H18O/c1-11-7-3-4-8-12(11)13-9-5-6-10-14(13)15-2/h3-4,7-8,10,13H,5-6,9H2,1-2H3/t13-/m1/s1. The van der Waals surface area contributed by atoms with Crippen molar-refractivity contribution >= 4 is 0 Å². The van der Waals surface area contributed by atoms with Crippen LogP contribution < -0.4 is 0 Å². The van der Waals surface area contributed by atoms with E-state index in [4.69, 9.17) is 4.74 Å². The molecule has 1 atom stereocenters. The number of rotatable bonds is 2. The van der Waals surface area contributed by atoms with Gasteiger partial charge in [-0.1, -0.05) is 24.3 Å². The summed E-state index contributed by atoms with van der Waals surface area (Å²) >= 11 is 0. The van der Waals surface area contributed by atoms with Gasteiger partial charge in [0.25, 0.3) is 0 Å². The van der Waals surface area contributed by atoms with E-state index in [0.29, 0.717) is 5.92 Å². The minimum Gasteiger partial charge on any atom is -0.501 e. The molecule has 0 bridgehead atoms. The molecule has 1 aliphatic rings. The Morgan fingerprint density at radius 1 is 1.27 bits per heavy atom. The Kier molecular flexibility index (Phi) is 3.10. The zero-order valence-electron chi connectivity index (χ0n) is 9.49. The normalized spacial score (nSPS) is 20.9. The monoisotopic (exact) mass is 202 g/mol. The lowest BCUT2D eigenvalue weighted by Crippen LogP contribution is -2.09. The number of ether oxygens (including phenoxy) is 1. The van der Waals surface area contributed by atoms with Crippen LogP contribution in [0.1, 0.15) is 36.3 Å². The van der Waals surface area contributed by atoms with Crippen LogP contribution in [0.15, 0.2) is 36.1 Å². The second-order valence-corrected chi connectivity index (χ2v) is 4.15. The van der Waals surface area contributed by atoms with Crippen LogP contribution in [-0.4, -0.2) is 7.11 Å². The Hall–Kier alpha value is -1.24. The van der Waals surface area contributed by atoms with Crippen molar-refractivity contribution in [1.29, 1.82) is 0 Å². The van der Waals surface area contributed by atoms with Crippen molar-refractivity contribution in [1.82, 2.24) is 0 Å². The number of allylic oxidation sites excluding steroid dienone is 2. The van der Waals surface area contributed by atoms with E-state index < -0.39 is 0 Å². The summed E-state index contributed by atoms with van der Waals surface area (Å²) in [6.07, 6.45) is 5.88. The molecule has 0 radical (unpaired) electrons. The van der Waals surface area contributed by atoms with Crippen LogP contribution in [0.25, 0.3) is 0 Å². The molecule has 1 nitrogen and oxygen atoms in total. The van der Waals surface area contributed by atoms with Gasteiger partial charge in [-0.3, -0.25) is 0 Å². The van der Waals surface area contributed by atoms with Gasteiger partial charge in [0.1, 0.15) is 0 Å². The minimum absolute atomic E-state index is 0.477. The molecule has 0 heterocycles. The van der Waals surface area contributed by atoms with Crippen LogP contribution in [-0.2, 0) is 4.74 Å². The molecule has 1 aliphatic carbocycles. The van der Waals surface area contributed by atoms with E-state index in [0.717, 1.165) is 12.2 Å². The molecule has 1 aromatic rings. The summed E-state index contributed by atoms with van der Waals surface area (Å²) in [5.41, 5.74) is 2.79. The molecule has 1 aromatic carbocycles. The van der Waals surface area contributed by atoms with E-state index in [1.807, 2.05) is 0 Å². The van der Waals surface area contributed by atoms with Crippen LogP contribution >= 0.6 is 0 Å². The SMILES string of the molecule is COC1=CCCC[C@@H]1c1ccccc1C. The van der Waals surface area contributed by atoms with Crippen LogP contribution in [0.4, 0.5) is 0 Å². The first-order valence-corrected chi connectivity index (χ1v) is 5.62. The second-order valence-electron chi connectivity index (χ2n) is 4.15. The fourth-order valence-electron chi connectivity index (χ4n) is 2.36. The highest BCUT2D eigenvalue weighted by molar-refractivity contribution is 5.34. The van der Waals surface area contributed by atoms with Crippen molar-refractivity contribution in [2.45, 2.75) is 32.1 Å². The highest BCUT2D eigenvalue weighted by atomic mass is 16.5. The molecule has 0 aliphatic heterocycles. The number of benzene rings is 1. The lowest BCUT2D eigenvalue weighted by atomic mass is 9.85. The molecule has 15 heavy (non-hydrogen) atoms. The number of hydrogen-bond donors (Lipinski definition) is 0. The van der Waals surface area contributed by atoms with E-state index in [1.165, 1.54) is 24.0 Å². The molecule has 0 unspecified atom stereocenters. The maximum atomic E-state index is 5.47. The van der Waals surface area contributed by atoms with Crippen molar-refractivity contribution in [2.24, 2.45) is 0 Å². The summed E-state index contributed by atoms with van der Waals surface area (Å²) in [6, 6.07) is 8.61. The first-order chi connectivity index (χ1) is 7.33. The highest BCUT2D eigenvalue weighted by Crippen LogP contribution is 2.35. The molecule has 0 N–H and O–H groups in total. The van der Waals surface area contributed by atoms with Gasteiger partial charge in [-0.15, -0.1) is 0 Å². The van der Waals surface area contributed by atoms with Gasteiger partial charge < -0.3 is 4.74 Å². The topological polar surface area (TPSA) is 9.23 Å². The predicted molar refractivity (Wildman–Crippen MR) is 62.9 cm³/mol. The minimum atomic E-state index is 0.477.